The van der Waals surface area contributed by atoms with Crippen molar-refractivity contribution in [1.82, 2.24) is 0 Å². The minimum absolute atomic E-state index is 0.135. The number of halogens is 2. The molecule has 3 nitrogen and oxygen atoms in total. The fraction of sp³-hybridized carbons (Fsp3) is 0.500. The fourth-order valence-electron chi connectivity index (χ4n) is 1.70. The summed E-state index contributed by atoms with van der Waals surface area (Å²) in [7, 11) is -2.92. The van der Waals surface area contributed by atoms with Gasteiger partial charge in [0, 0.05) is 28.1 Å². The first kappa shape index (κ1) is 15.8. The summed E-state index contributed by atoms with van der Waals surface area (Å²) in [6.45, 7) is 0. The highest BCUT2D eigenvalue weighted by molar-refractivity contribution is 7.90. The predicted octanol–water partition coefficient (Wildman–Crippen LogP) is 2.69. The van der Waals surface area contributed by atoms with Crippen molar-refractivity contribution in [1.29, 1.82) is 0 Å². The van der Waals surface area contributed by atoms with Crippen molar-refractivity contribution >= 4 is 33.0 Å². The summed E-state index contributed by atoms with van der Waals surface area (Å²) < 4.78 is 22.0. The molecule has 1 aromatic carbocycles. The molecule has 18 heavy (non-hydrogen) atoms. The molecule has 0 amide bonds. The summed E-state index contributed by atoms with van der Waals surface area (Å²) in [4.78, 5) is 0. The van der Waals surface area contributed by atoms with Crippen molar-refractivity contribution in [3.8, 4) is 0 Å². The molecular formula is C12H17Cl2NO2S. The Labute approximate surface area is 118 Å². The molecule has 1 aromatic rings. The normalized spacial score (nSPS) is 13.6. The highest BCUT2D eigenvalue weighted by atomic mass is 35.5. The molecule has 0 aliphatic rings. The molecule has 2 N–H and O–H groups in total. The quantitative estimate of drug-likeness (QED) is 0.879. The van der Waals surface area contributed by atoms with E-state index < -0.39 is 9.84 Å². The minimum Gasteiger partial charge on any atom is -0.327 e. The summed E-state index contributed by atoms with van der Waals surface area (Å²) >= 11 is 12.1. The monoisotopic (exact) mass is 309 g/mol. The van der Waals surface area contributed by atoms with E-state index in [1.807, 2.05) is 0 Å². The largest absolute Gasteiger partial charge is 0.327 e. The molecule has 1 atom stereocenters. The van der Waals surface area contributed by atoms with Crippen LogP contribution in [0.15, 0.2) is 18.2 Å². The van der Waals surface area contributed by atoms with E-state index in [4.69, 9.17) is 28.9 Å². The van der Waals surface area contributed by atoms with Gasteiger partial charge in [-0.3, -0.25) is 0 Å². The van der Waals surface area contributed by atoms with E-state index in [-0.39, 0.29) is 11.8 Å². The van der Waals surface area contributed by atoms with Gasteiger partial charge in [-0.2, -0.15) is 0 Å². The Hall–Kier alpha value is -0.290. The fourth-order valence-corrected chi connectivity index (χ4v) is 2.94. The van der Waals surface area contributed by atoms with E-state index >= 15 is 0 Å². The lowest BCUT2D eigenvalue weighted by Gasteiger charge is -2.13. The molecule has 0 heterocycles. The Morgan fingerprint density at radius 2 is 1.83 bits per heavy atom. The zero-order chi connectivity index (χ0) is 13.8. The van der Waals surface area contributed by atoms with Crippen LogP contribution in [-0.2, 0) is 16.3 Å². The van der Waals surface area contributed by atoms with Crippen LogP contribution in [0.1, 0.15) is 18.4 Å². The lowest BCUT2D eigenvalue weighted by atomic mass is 10.0. The number of nitrogens with two attached hydrogens (primary N) is 1. The van der Waals surface area contributed by atoms with E-state index in [2.05, 4.69) is 0 Å². The average molecular weight is 310 g/mol. The molecule has 6 heteroatoms. The molecule has 0 aromatic heterocycles. The average Bonchev–Trinajstić information content (AvgIpc) is 2.22. The van der Waals surface area contributed by atoms with Gasteiger partial charge in [-0.05, 0) is 37.0 Å². The molecule has 0 radical (unpaired) electrons. The first-order valence-corrected chi connectivity index (χ1v) is 8.47. The molecular weight excluding hydrogens is 293 g/mol. The molecule has 0 fully saturated rings. The smallest absolute Gasteiger partial charge is 0.147 e. The lowest BCUT2D eigenvalue weighted by molar-refractivity contribution is 0.577. The predicted molar refractivity (Wildman–Crippen MR) is 77.1 cm³/mol. The van der Waals surface area contributed by atoms with Crippen molar-refractivity contribution in [2.45, 2.75) is 25.3 Å². The maximum Gasteiger partial charge on any atom is 0.147 e. The van der Waals surface area contributed by atoms with Crippen molar-refractivity contribution < 1.29 is 8.42 Å². The van der Waals surface area contributed by atoms with Gasteiger partial charge in [0.25, 0.3) is 0 Å². The molecule has 0 saturated heterocycles. The zero-order valence-electron chi connectivity index (χ0n) is 10.2. The van der Waals surface area contributed by atoms with Crippen LogP contribution < -0.4 is 5.73 Å². The van der Waals surface area contributed by atoms with Crippen LogP contribution in [0.5, 0.6) is 0 Å². The van der Waals surface area contributed by atoms with Gasteiger partial charge in [-0.1, -0.05) is 29.3 Å². The summed E-state index contributed by atoms with van der Waals surface area (Å²) in [5.74, 6) is 0.164. The second-order valence-electron chi connectivity index (χ2n) is 4.44. The number of hydrogen-bond donors (Lipinski definition) is 1. The molecule has 0 saturated carbocycles. The highest BCUT2D eigenvalue weighted by Crippen LogP contribution is 2.25. The van der Waals surface area contributed by atoms with Crippen molar-refractivity contribution in [3.05, 3.63) is 33.8 Å². The summed E-state index contributed by atoms with van der Waals surface area (Å²) in [5.41, 5.74) is 6.79. The number of sulfone groups is 1. The van der Waals surface area contributed by atoms with Gasteiger partial charge in [-0.15, -0.1) is 0 Å². The van der Waals surface area contributed by atoms with Crippen LogP contribution in [-0.4, -0.2) is 26.5 Å². The van der Waals surface area contributed by atoms with Crippen molar-refractivity contribution in [2.24, 2.45) is 5.73 Å². The number of hydrogen-bond acceptors (Lipinski definition) is 3. The van der Waals surface area contributed by atoms with Crippen LogP contribution in [0.25, 0.3) is 0 Å². The van der Waals surface area contributed by atoms with Crippen LogP contribution in [0.3, 0.4) is 0 Å². The second kappa shape index (κ2) is 6.75. The topological polar surface area (TPSA) is 60.2 Å². The number of rotatable bonds is 6. The Morgan fingerprint density at radius 3 is 2.33 bits per heavy atom. The van der Waals surface area contributed by atoms with E-state index in [1.165, 1.54) is 6.26 Å². The van der Waals surface area contributed by atoms with Gasteiger partial charge in [0.05, 0.1) is 0 Å². The maximum atomic E-state index is 11.0. The number of benzene rings is 1. The van der Waals surface area contributed by atoms with E-state index in [1.54, 1.807) is 18.2 Å². The Morgan fingerprint density at radius 1 is 1.28 bits per heavy atom. The minimum atomic E-state index is -2.92. The van der Waals surface area contributed by atoms with Gasteiger partial charge in [-0.25, -0.2) is 8.42 Å². The van der Waals surface area contributed by atoms with Crippen LogP contribution in [0.4, 0.5) is 0 Å². The maximum absolute atomic E-state index is 11.0. The molecule has 0 spiro atoms. The first-order chi connectivity index (χ1) is 8.29. The first-order valence-electron chi connectivity index (χ1n) is 5.66. The molecule has 1 unspecified atom stereocenters. The summed E-state index contributed by atoms with van der Waals surface area (Å²) in [6, 6.07) is 5.19. The Bertz CT molecular complexity index is 483. The van der Waals surface area contributed by atoms with Crippen molar-refractivity contribution in [2.75, 3.05) is 12.0 Å². The highest BCUT2D eigenvalue weighted by Gasteiger charge is 2.11. The molecule has 0 bridgehead atoms. The molecule has 102 valence electrons. The molecule has 1 rings (SSSR count). The third kappa shape index (κ3) is 5.57. The SMILES string of the molecule is CS(=O)(=O)CCCC(N)Cc1c(Cl)cccc1Cl. The Kier molecular flexibility index (Phi) is 5.92. The molecule has 0 aliphatic heterocycles. The standard InChI is InChI=1S/C12H17Cl2NO2S/c1-18(16,17)7-3-4-9(15)8-10-11(13)5-2-6-12(10)14/h2,5-6,9H,3-4,7-8,15H2,1H3. The van der Waals surface area contributed by atoms with Gasteiger partial charge < -0.3 is 5.73 Å². The molecule has 0 aliphatic carbocycles. The van der Waals surface area contributed by atoms with E-state index in [9.17, 15) is 8.42 Å². The zero-order valence-corrected chi connectivity index (χ0v) is 12.5. The van der Waals surface area contributed by atoms with Crippen LogP contribution in [0.2, 0.25) is 10.0 Å². The van der Waals surface area contributed by atoms with E-state index in [0.717, 1.165) is 5.56 Å². The van der Waals surface area contributed by atoms with Gasteiger partial charge >= 0.3 is 0 Å². The summed E-state index contributed by atoms with van der Waals surface area (Å²) in [5, 5.41) is 1.20. The lowest BCUT2D eigenvalue weighted by Crippen LogP contribution is -2.24. The van der Waals surface area contributed by atoms with Gasteiger partial charge in [0.15, 0.2) is 0 Å². The van der Waals surface area contributed by atoms with Crippen LogP contribution in [0, 0.1) is 0 Å². The van der Waals surface area contributed by atoms with Gasteiger partial charge in [0.1, 0.15) is 9.84 Å². The third-order valence-electron chi connectivity index (χ3n) is 2.62. The van der Waals surface area contributed by atoms with Crippen molar-refractivity contribution in [3.63, 3.8) is 0 Å². The van der Waals surface area contributed by atoms with Gasteiger partial charge in [0.2, 0.25) is 0 Å². The second-order valence-corrected chi connectivity index (χ2v) is 7.51. The third-order valence-corrected chi connectivity index (χ3v) is 4.36. The van der Waals surface area contributed by atoms with E-state index in [0.29, 0.717) is 29.3 Å². The summed E-state index contributed by atoms with van der Waals surface area (Å²) in [6.07, 6.45) is 2.97. The Balaban J connectivity index is 2.52. The van der Waals surface area contributed by atoms with Crippen LogP contribution >= 0.6 is 23.2 Å².